The summed E-state index contributed by atoms with van der Waals surface area (Å²) in [5.74, 6) is 0.915. The van der Waals surface area contributed by atoms with Crippen LogP contribution in [0.4, 0.5) is 0 Å². The smallest absolute Gasteiger partial charge is 0.0271 e. The van der Waals surface area contributed by atoms with E-state index < -0.39 is 0 Å². The molecule has 1 unspecified atom stereocenters. The zero-order chi connectivity index (χ0) is 13.5. The Balaban J connectivity index is 1.85. The van der Waals surface area contributed by atoms with Crippen LogP contribution in [-0.2, 0) is 6.54 Å². The molecule has 0 bridgehead atoms. The first kappa shape index (κ1) is 14.5. The number of pyridine rings is 1. The summed E-state index contributed by atoms with van der Waals surface area (Å²) in [5.41, 5.74) is 1.36. The Morgan fingerprint density at radius 1 is 1.32 bits per heavy atom. The average Bonchev–Trinajstić information content (AvgIpc) is 3.28. The highest BCUT2D eigenvalue weighted by Gasteiger charge is 2.31. The molecule has 0 amide bonds. The summed E-state index contributed by atoms with van der Waals surface area (Å²) < 4.78 is 0. The van der Waals surface area contributed by atoms with Gasteiger partial charge in [0.2, 0.25) is 0 Å². The lowest BCUT2D eigenvalue weighted by atomic mass is 10.1. The maximum atomic E-state index is 4.09. The van der Waals surface area contributed by atoms with Gasteiger partial charge >= 0.3 is 0 Å². The van der Waals surface area contributed by atoms with Crippen LogP contribution in [0.2, 0.25) is 0 Å². The Hall–Kier alpha value is -0.930. The van der Waals surface area contributed by atoms with Crippen molar-refractivity contribution in [2.45, 2.75) is 45.7 Å². The molecule has 1 atom stereocenters. The molecule has 1 aliphatic carbocycles. The molecule has 19 heavy (non-hydrogen) atoms. The third-order valence-electron chi connectivity index (χ3n) is 3.91. The van der Waals surface area contributed by atoms with Crippen molar-refractivity contribution in [2.24, 2.45) is 5.92 Å². The van der Waals surface area contributed by atoms with E-state index in [9.17, 15) is 0 Å². The lowest BCUT2D eigenvalue weighted by Gasteiger charge is -2.27. The predicted octanol–water partition coefficient (Wildman–Crippen LogP) is 2.68. The number of rotatable bonds is 9. The molecule has 1 fully saturated rings. The van der Waals surface area contributed by atoms with Crippen LogP contribution in [-0.4, -0.2) is 35.6 Å². The minimum absolute atomic E-state index is 0.682. The monoisotopic (exact) mass is 261 g/mol. The van der Waals surface area contributed by atoms with Crippen molar-refractivity contribution in [2.75, 3.05) is 19.6 Å². The van der Waals surface area contributed by atoms with Gasteiger partial charge in [0, 0.05) is 31.5 Å². The maximum absolute atomic E-state index is 4.09. The Bertz CT molecular complexity index is 348. The van der Waals surface area contributed by atoms with Gasteiger partial charge in [-0.05, 0) is 56.0 Å². The second kappa shape index (κ2) is 7.61. The number of hydrogen-bond acceptors (Lipinski definition) is 3. The molecule has 1 aromatic heterocycles. The van der Waals surface area contributed by atoms with Gasteiger partial charge in [0.05, 0.1) is 0 Å². The first-order chi connectivity index (χ1) is 9.33. The van der Waals surface area contributed by atoms with Crippen molar-refractivity contribution in [3.05, 3.63) is 30.1 Å². The van der Waals surface area contributed by atoms with Gasteiger partial charge in [-0.3, -0.25) is 9.88 Å². The first-order valence-corrected chi connectivity index (χ1v) is 7.68. The van der Waals surface area contributed by atoms with E-state index in [0.717, 1.165) is 25.6 Å². The fourth-order valence-corrected chi connectivity index (χ4v) is 2.54. The van der Waals surface area contributed by atoms with Gasteiger partial charge < -0.3 is 5.32 Å². The average molecular weight is 261 g/mol. The van der Waals surface area contributed by atoms with Crippen LogP contribution in [0, 0.1) is 5.92 Å². The molecule has 0 radical (unpaired) electrons. The molecule has 0 aromatic carbocycles. The van der Waals surface area contributed by atoms with Crippen LogP contribution in [0.15, 0.2) is 24.5 Å². The molecule has 2 rings (SSSR count). The van der Waals surface area contributed by atoms with E-state index in [1.807, 2.05) is 12.4 Å². The van der Waals surface area contributed by atoms with Crippen molar-refractivity contribution in [1.82, 2.24) is 15.2 Å². The Kier molecular flexibility index (Phi) is 5.80. The molecule has 3 nitrogen and oxygen atoms in total. The van der Waals surface area contributed by atoms with Crippen LogP contribution in [0.25, 0.3) is 0 Å². The minimum Gasteiger partial charge on any atom is -0.312 e. The molecule has 0 spiro atoms. The molecule has 1 aromatic rings. The number of nitrogens with one attached hydrogen (secondary N) is 1. The van der Waals surface area contributed by atoms with E-state index in [-0.39, 0.29) is 0 Å². The van der Waals surface area contributed by atoms with Crippen molar-refractivity contribution in [1.29, 1.82) is 0 Å². The van der Waals surface area contributed by atoms with E-state index in [1.54, 1.807) is 0 Å². The van der Waals surface area contributed by atoms with Crippen molar-refractivity contribution in [3.63, 3.8) is 0 Å². The highest BCUT2D eigenvalue weighted by molar-refractivity contribution is 5.09. The lowest BCUT2D eigenvalue weighted by molar-refractivity contribution is 0.233. The van der Waals surface area contributed by atoms with Crippen LogP contribution < -0.4 is 5.32 Å². The summed E-state index contributed by atoms with van der Waals surface area (Å²) in [4.78, 5) is 6.63. The topological polar surface area (TPSA) is 28.2 Å². The third kappa shape index (κ3) is 4.92. The molecular formula is C16H27N3. The standard InChI is InChI=1S/C16H27N3/c1-3-9-18-16(15-5-6-15)13-19(4-2)12-14-7-10-17-11-8-14/h7-8,10-11,15-16,18H,3-6,9,12-13H2,1-2H3. The number of likely N-dealkylation sites (N-methyl/N-ethyl adjacent to an activating group) is 1. The maximum Gasteiger partial charge on any atom is 0.0271 e. The minimum atomic E-state index is 0.682. The summed E-state index contributed by atoms with van der Waals surface area (Å²) in [6.45, 7) is 8.96. The summed E-state index contributed by atoms with van der Waals surface area (Å²) in [7, 11) is 0. The van der Waals surface area contributed by atoms with Crippen molar-refractivity contribution >= 4 is 0 Å². The molecule has 1 heterocycles. The summed E-state index contributed by atoms with van der Waals surface area (Å²) in [6, 6.07) is 4.92. The highest BCUT2D eigenvalue weighted by Crippen LogP contribution is 2.33. The van der Waals surface area contributed by atoms with E-state index in [0.29, 0.717) is 6.04 Å². The van der Waals surface area contributed by atoms with Crippen molar-refractivity contribution in [3.8, 4) is 0 Å². The van der Waals surface area contributed by atoms with Crippen LogP contribution in [0.3, 0.4) is 0 Å². The van der Waals surface area contributed by atoms with Gasteiger partial charge in [0.25, 0.3) is 0 Å². The van der Waals surface area contributed by atoms with Crippen LogP contribution in [0.1, 0.15) is 38.7 Å². The van der Waals surface area contributed by atoms with E-state index in [2.05, 4.69) is 41.2 Å². The molecule has 1 saturated carbocycles. The lowest BCUT2D eigenvalue weighted by Crippen LogP contribution is -2.42. The van der Waals surface area contributed by atoms with Gasteiger partial charge in [-0.2, -0.15) is 0 Å². The van der Waals surface area contributed by atoms with Gasteiger partial charge in [-0.1, -0.05) is 13.8 Å². The van der Waals surface area contributed by atoms with Crippen LogP contribution in [0.5, 0.6) is 0 Å². The van der Waals surface area contributed by atoms with E-state index in [1.165, 1.54) is 31.4 Å². The fraction of sp³-hybridized carbons (Fsp3) is 0.688. The summed E-state index contributed by atoms with van der Waals surface area (Å²) in [6.07, 6.45) is 7.82. The molecule has 106 valence electrons. The highest BCUT2D eigenvalue weighted by atomic mass is 15.1. The second-order valence-electron chi connectivity index (χ2n) is 5.58. The van der Waals surface area contributed by atoms with Gasteiger partial charge in [0.15, 0.2) is 0 Å². The Morgan fingerprint density at radius 3 is 2.63 bits per heavy atom. The van der Waals surface area contributed by atoms with Gasteiger partial charge in [-0.25, -0.2) is 0 Å². The molecule has 0 saturated heterocycles. The quantitative estimate of drug-likeness (QED) is 0.741. The van der Waals surface area contributed by atoms with Gasteiger partial charge in [-0.15, -0.1) is 0 Å². The molecule has 3 heteroatoms. The third-order valence-corrected chi connectivity index (χ3v) is 3.91. The normalized spacial score (nSPS) is 16.8. The second-order valence-corrected chi connectivity index (χ2v) is 5.58. The number of aromatic nitrogens is 1. The van der Waals surface area contributed by atoms with Crippen LogP contribution >= 0.6 is 0 Å². The zero-order valence-corrected chi connectivity index (χ0v) is 12.3. The number of nitrogens with zero attached hydrogens (tertiary/aromatic N) is 2. The fourth-order valence-electron chi connectivity index (χ4n) is 2.54. The molecule has 0 aliphatic heterocycles. The Labute approximate surface area is 117 Å². The SMILES string of the molecule is CCCNC(CN(CC)Cc1ccncc1)C1CC1. The zero-order valence-electron chi connectivity index (χ0n) is 12.3. The van der Waals surface area contributed by atoms with E-state index in [4.69, 9.17) is 0 Å². The first-order valence-electron chi connectivity index (χ1n) is 7.68. The Morgan fingerprint density at radius 2 is 2.05 bits per heavy atom. The summed E-state index contributed by atoms with van der Waals surface area (Å²) >= 11 is 0. The number of hydrogen-bond donors (Lipinski definition) is 1. The van der Waals surface area contributed by atoms with E-state index >= 15 is 0 Å². The molecule has 1 N–H and O–H groups in total. The van der Waals surface area contributed by atoms with Gasteiger partial charge in [0.1, 0.15) is 0 Å². The molecule has 1 aliphatic rings. The van der Waals surface area contributed by atoms with Crippen molar-refractivity contribution < 1.29 is 0 Å². The molecular weight excluding hydrogens is 234 g/mol. The largest absolute Gasteiger partial charge is 0.312 e. The predicted molar refractivity (Wildman–Crippen MR) is 80.0 cm³/mol. The summed E-state index contributed by atoms with van der Waals surface area (Å²) in [5, 5.41) is 3.73.